The molecule has 1 aliphatic carbocycles. The summed E-state index contributed by atoms with van der Waals surface area (Å²) in [5.41, 5.74) is 4.95. The zero-order valence-electron chi connectivity index (χ0n) is 14.2. The fourth-order valence-electron chi connectivity index (χ4n) is 4.19. The standard InChI is InChI=1S/C20H19NO4/c1-22-16-6-12-9-21-20-13(14(12)7-17(16)23-2)4-3-11-5-18-19(8-15(11)20)25-10-24-18/h5-9,13,20H,3-4,10H2,1-2H3/t13-,20-/m0/s1. The van der Waals surface area contributed by atoms with E-state index in [9.17, 15) is 0 Å². The van der Waals surface area contributed by atoms with Gasteiger partial charge in [0, 0.05) is 12.1 Å². The molecule has 0 saturated carbocycles. The van der Waals surface area contributed by atoms with Crippen molar-refractivity contribution in [3.63, 3.8) is 0 Å². The number of rotatable bonds is 2. The van der Waals surface area contributed by atoms with E-state index in [1.54, 1.807) is 14.2 Å². The smallest absolute Gasteiger partial charge is 0.231 e. The summed E-state index contributed by atoms with van der Waals surface area (Å²) in [6.45, 7) is 0.301. The van der Waals surface area contributed by atoms with Crippen molar-refractivity contribution >= 4 is 6.21 Å². The highest BCUT2D eigenvalue weighted by Gasteiger charge is 2.36. The van der Waals surface area contributed by atoms with Crippen LogP contribution < -0.4 is 18.9 Å². The first-order valence-electron chi connectivity index (χ1n) is 8.50. The molecule has 0 bridgehead atoms. The highest BCUT2D eigenvalue weighted by atomic mass is 16.7. The molecule has 5 nitrogen and oxygen atoms in total. The maximum Gasteiger partial charge on any atom is 0.231 e. The van der Waals surface area contributed by atoms with E-state index in [2.05, 4.69) is 18.2 Å². The van der Waals surface area contributed by atoms with E-state index in [-0.39, 0.29) is 6.04 Å². The first-order chi connectivity index (χ1) is 12.3. The van der Waals surface area contributed by atoms with Gasteiger partial charge in [-0.3, -0.25) is 4.99 Å². The Morgan fingerprint density at radius 3 is 2.52 bits per heavy atom. The lowest BCUT2D eigenvalue weighted by atomic mass is 9.74. The Labute approximate surface area is 146 Å². The average molecular weight is 337 g/mol. The Morgan fingerprint density at radius 2 is 1.72 bits per heavy atom. The number of hydrogen-bond donors (Lipinski definition) is 0. The SMILES string of the molecule is COc1cc2c(cc1OC)[C@@H]1CCc3cc4c(cc3[C@H]1N=C2)OCO4. The van der Waals surface area contributed by atoms with Crippen LogP contribution in [-0.4, -0.2) is 27.2 Å². The van der Waals surface area contributed by atoms with Crippen LogP contribution in [-0.2, 0) is 6.42 Å². The molecule has 5 heteroatoms. The summed E-state index contributed by atoms with van der Waals surface area (Å²) in [4.78, 5) is 4.87. The van der Waals surface area contributed by atoms with Crippen LogP contribution in [0.5, 0.6) is 23.0 Å². The monoisotopic (exact) mass is 337 g/mol. The first-order valence-corrected chi connectivity index (χ1v) is 8.50. The second-order valence-electron chi connectivity index (χ2n) is 6.61. The van der Waals surface area contributed by atoms with Crippen molar-refractivity contribution in [3.05, 3.63) is 46.5 Å². The number of hydrogen-bond acceptors (Lipinski definition) is 5. The number of aryl methyl sites for hydroxylation is 1. The molecule has 25 heavy (non-hydrogen) atoms. The van der Waals surface area contributed by atoms with Crippen molar-refractivity contribution in [2.24, 2.45) is 4.99 Å². The minimum absolute atomic E-state index is 0.115. The molecule has 5 rings (SSSR count). The molecule has 0 radical (unpaired) electrons. The third kappa shape index (κ3) is 2.11. The second-order valence-corrected chi connectivity index (χ2v) is 6.61. The molecule has 2 aromatic carbocycles. The number of methoxy groups -OCH3 is 2. The van der Waals surface area contributed by atoms with Crippen LogP contribution in [0, 0.1) is 0 Å². The van der Waals surface area contributed by atoms with Crippen LogP contribution in [0.25, 0.3) is 0 Å². The summed E-state index contributed by atoms with van der Waals surface area (Å²) in [5, 5.41) is 0. The zero-order valence-corrected chi connectivity index (χ0v) is 14.2. The maximum atomic E-state index is 5.57. The van der Waals surface area contributed by atoms with Gasteiger partial charge in [0.2, 0.25) is 6.79 Å². The van der Waals surface area contributed by atoms with Gasteiger partial charge in [-0.05, 0) is 59.4 Å². The summed E-state index contributed by atoms with van der Waals surface area (Å²) in [6, 6.07) is 8.47. The van der Waals surface area contributed by atoms with E-state index in [4.69, 9.17) is 23.9 Å². The number of fused-ring (bicyclic) bond motifs is 6. The molecule has 2 atom stereocenters. The highest BCUT2D eigenvalue weighted by molar-refractivity contribution is 5.85. The van der Waals surface area contributed by atoms with Gasteiger partial charge in [-0.1, -0.05) is 0 Å². The molecule has 0 aromatic heterocycles. The lowest BCUT2D eigenvalue weighted by Crippen LogP contribution is -2.22. The van der Waals surface area contributed by atoms with Crippen LogP contribution >= 0.6 is 0 Å². The number of aliphatic imine (C=N–C) groups is 1. The van der Waals surface area contributed by atoms with Gasteiger partial charge in [-0.25, -0.2) is 0 Å². The molecule has 128 valence electrons. The van der Waals surface area contributed by atoms with Crippen LogP contribution in [0.15, 0.2) is 29.3 Å². The molecular weight excluding hydrogens is 318 g/mol. The van der Waals surface area contributed by atoms with Crippen molar-refractivity contribution in [2.75, 3.05) is 21.0 Å². The molecule has 0 unspecified atom stereocenters. The van der Waals surface area contributed by atoms with Crippen LogP contribution in [0.4, 0.5) is 0 Å². The van der Waals surface area contributed by atoms with Crippen molar-refractivity contribution in [1.29, 1.82) is 0 Å². The molecule has 3 aliphatic rings. The van der Waals surface area contributed by atoms with Crippen LogP contribution in [0.2, 0.25) is 0 Å². The van der Waals surface area contributed by atoms with Gasteiger partial charge in [-0.15, -0.1) is 0 Å². The summed E-state index contributed by atoms with van der Waals surface area (Å²) >= 11 is 0. The molecule has 0 spiro atoms. The lowest BCUT2D eigenvalue weighted by molar-refractivity contribution is 0.174. The molecule has 2 aliphatic heterocycles. The van der Waals surface area contributed by atoms with Crippen molar-refractivity contribution < 1.29 is 18.9 Å². The van der Waals surface area contributed by atoms with E-state index >= 15 is 0 Å². The third-order valence-corrected chi connectivity index (χ3v) is 5.42. The molecular formula is C20H19NO4. The minimum atomic E-state index is 0.115. The van der Waals surface area contributed by atoms with E-state index in [1.165, 1.54) is 16.7 Å². The normalized spacial score (nSPS) is 22.0. The molecule has 0 fully saturated rings. The van der Waals surface area contributed by atoms with E-state index < -0.39 is 0 Å². The van der Waals surface area contributed by atoms with Crippen LogP contribution in [0.3, 0.4) is 0 Å². The zero-order chi connectivity index (χ0) is 17.0. The predicted molar refractivity (Wildman–Crippen MR) is 93.5 cm³/mol. The van der Waals surface area contributed by atoms with Gasteiger partial charge in [0.15, 0.2) is 23.0 Å². The quantitative estimate of drug-likeness (QED) is 0.839. The Kier molecular flexibility index (Phi) is 3.17. The summed E-state index contributed by atoms with van der Waals surface area (Å²) < 4.78 is 22.0. The van der Waals surface area contributed by atoms with Crippen molar-refractivity contribution in [1.82, 2.24) is 0 Å². The highest BCUT2D eigenvalue weighted by Crippen LogP contribution is 2.50. The summed E-state index contributed by atoms with van der Waals surface area (Å²) in [7, 11) is 3.34. The largest absolute Gasteiger partial charge is 0.493 e. The lowest BCUT2D eigenvalue weighted by Gasteiger charge is -2.35. The second kappa shape index (κ2) is 5.41. The Hall–Kier alpha value is -2.69. The molecule has 2 heterocycles. The van der Waals surface area contributed by atoms with Gasteiger partial charge >= 0.3 is 0 Å². The Bertz CT molecular complexity index is 890. The Morgan fingerprint density at radius 1 is 0.960 bits per heavy atom. The average Bonchev–Trinajstić information content (AvgIpc) is 3.11. The molecule has 0 N–H and O–H groups in total. The topological polar surface area (TPSA) is 49.3 Å². The fourth-order valence-corrected chi connectivity index (χ4v) is 4.19. The van der Waals surface area contributed by atoms with Gasteiger partial charge in [0.05, 0.1) is 20.3 Å². The molecule has 2 aromatic rings. The molecule has 0 saturated heterocycles. The predicted octanol–water partition coefficient (Wildman–Crippen LogP) is 3.64. The van der Waals surface area contributed by atoms with Crippen molar-refractivity contribution in [2.45, 2.75) is 24.8 Å². The van der Waals surface area contributed by atoms with Gasteiger partial charge in [-0.2, -0.15) is 0 Å². The van der Waals surface area contributed by atoms with Gasteiger partial charge < -0.3 is 18.9 Å². The van der Waals surface area contributed by atoms with E-state index in [0.717, 1.165) is 41.4 Å². The molecule has 0 amide bonds. The maximum absolute atomic E-state index is 5.57. The summed E-state index contributed by atoms with van der Waals surface area (Å²) in [5.74, 6) is 3.53. The minimum Gasteiger partial charge on any atom is -0.493 e. The number of nitrogens with zero attached hydrogens (tertiary/aromatic N) is 1. The van der Waals surface area contributed by atoms with Crippen molar-refractivity contribution in [3.8, 4) is 23.0 Å². The summed E-state index contributed by atoms with van der Waals surface area (Å²) in [6.07, 6.45) is 4.02. The third-order valence-electron chi connectivity index (χ3n) is 5.42. The Balaban J connectivity index is 1.61. The van der Waals surface area contributed by atoms with Crippen LogP contribution in [0.1, 0.15) is 40.6 Å². The van der Waals surface area contributed by atoms with Gasteiger partial charge in [0.1, 0.15) is 0 Å². The number of ether oxygens (including phenoxy) is 4. The number of benzene rings is 2. The fraction of sp³-hybridized carbons (Fsp3) is 0.350. The van der Waals surface area contributed by atoms with Gasteiger partial charge in [0.25, 0.3) is 0 Å². The first kappa shape index (κ1) is 14.6. The van der Waals surface area contributed by atoms with E-state index in [1.807, 2.05) is 12.3 Å². The van der Waals surface area contributed by atoms with E-state index in [0.29, 0.717) is 12.7 Å².